The molecule has 0 aliphatic carbocycles. The summed E-state index contributed by atoms with van der Waals surface area (Å²) in [6.07, 6.45) is -4.66. The summed E-state index contributed by atoms with van der Waals surface area (Å²) in [5.41, 5.74) is 3.62. The smallest absolute Gasteiger partial charge is 0.446 e. The number of rotatable bonds is 5. The van der Waals surface area contributed by atoms with Crippen LogP contribution in [0.15, 0.2) is 59.7 Å². The second-order valence-corrected chi connectivity index (χ2v) is 4.67. The number of hydrogen-bond acceptors (Lipinski definition) is 3. The SMILES string of the molecule is FC(F)(F)C(Cl)=NNc1ccc(OCc2ccccc2)cc1. The van der Waals surface area contributed by atoms with Crippen LogP contribution in [0.25, 0.3) is 0 Å². The number of nitrogens with zero attached hydrogens (tertiary/aromatic N) is 1. The van der Waals surface area contributed by atoms with Crippen molar-refractivity contribution < 1.29 is 17.9 Å². The van der Waals surface area contributed by atoms with E-state index < -0.39 is 11.3 Å². The number of halogens is 4. The van der Waals surface area contributed by atoms with Crippen molar-refractivity contribution in [2.24, 2.45) is 5.10 Å². The quantitative estimate of drug-likeness (QED) is 0.632. The standard InChI is InChI=1S/C15H12ClF3N2O/c16-14(15(17,18)19)21-20-12-6-8-13(9-7-12)22-10-11-4-2-1-3-5-11/h1-9,20H,10H2. The van der Waals surface area contributed by atoms with Crippen molar-refractivity contribution in [3.05, 3.63) is 60.2 Å². The average molecular weight is 329 g/mol. The van der Waals surface area contributed by atoms with Crippen LogP contribution in [0.5, 0.6) is 5.75 Å². The number of ether oxygens (including phenoxy) is 1. The summed E-state index contributed by atoms with van der Waals surface area (Å²) in [6.45, 7) is 0.408. The van der Waals surface area contributed by atoms with Crippen molar-refractivity contribution in [3.63, 3.8) is 0 Å². The predicted molar refractivity (Wildman–Crippen MR) is 80.2 cm³/mol. The van der Waals surface area contributed by atoms with Gasteiger partial charge in [0.25, 0.3) is 0 Å². The van der Waals surface area contributed by atoms with Gasteiger partial charge in [0.05, 0.1) is 5.69 Å². The molecular formula is C15H12ClF3N2O. The Morgan fingerprint density at radius 2 is 1.68 bits per heavy atom. The molecule has 0 aliphatic heterocycles. The van der Waals surface area contributed by atoms with Crippen LogP contribution in [0.4, 0.5) is 18.9 Å². The summed E-state index contributed by atoms with van der Waals surface area (Å²) in [7, 11) is 0. The first-order chi connectivity index (χ1) is 10.4. The molecule has 116 valence electrons. The maximum atomic E-state index is 12.2. The van der Waals surface area contributed by atoms with E-state index in [2.05, 4.69) is 10.5 Å². The van der Waals surface area contributed by atoms with Gasteiger partial charge in [0.1, 0.15) is 12.4 Å². The Morgan fingerprint density at radius 1 is 1.05 bits per heavy atom. The molecule has 1 N–H and O–H groups in total. The number of nitrogens with one attached hydrogen (secondary N) is 1. The molecule has 0 spiro atoms. The van der Waals surface area contributed by atoms with Gasteiger partial charge in [-0.15, -0.1) is 0 Å². The molecule has 0 bridgehead atoms. The van der Waals surface area contributed by atoms with E-state index in [-0.39, 0.29) is 0 Å². The van der Waals surface area contributed by atoms with E-state index in [0.717, 1.165) is 5.56 Å². The van der Waals surface area contributed by atoms with E-state index in [9.17, 15) is 13.2 Å². The molecule has 0 aliphatic rings. The van der Waals surface area contributed by atoms with Gasteiger partial charge in [-0.2, -0.15) is 18.3 Å². The molecule has 0 amide bonds. The van der Waals surface area contributed by atoms with E-state index in [0.29, 0.717) is 18.0 Å². The number of benzene rings is 2. The average Bonchev–Trinajstić information content (AvgIpc) is 2.51. The number of hydrogen-bond donors (Lipinski definition) is 1. The van der Waals surface area contributed by atoms with Crippen molar-refractivity contribution in [2.45, 2.75) is 12.8 Å². The molecule has 0 radical (unpaired) electrons. The Labute approximate surface area is 130 Å². The number of alkyl halides is 3. The van der Waals surface area contributed by atoms with Gasteiger partial charge in [0.15, 0.2) is 0 Å². The Morgan fingerprint density at radius 3 is 2.27 bits per heavy atom. The fourth-order valence-corrected chi connectivity index (χ4v) is 1.59. The zero-order valence-electron chi connectivity index (χ0n) is 11.3. The molecule has 22 heavy (non-hydrogen) atoms. The lowest BCUT2D eigenvalue weighted by atomic mass is 10.2. The normalized spacial score (nSPS) is 12.1. The van der Waals surface area contributed by atoms with Crippen molar-refractivity contribution in [2.75, 3.05) is 5.43 Å². The Hall–Kier alpha value is -2.21. The predicted octanol–water partition coefficient (Wildman–Crippen LogP) is 4.79. The van der Waals surface area contributed by atoms with Crippen LogP contribution in [0.3, 0.4) is 0 Å². The summed E-state index contributed by atoms with van der Waals surface area (Å²) in [4.78, 5) is 0. The van der Waals surface area contributed by atoms with Gasteiger partial charge in [-0.1, -0.05) is 41.9 Å². The van der Waals surface area contributed by atoms with E-state index >= 15 is 0 Å². The first-order valence-electron chi connectivity index (χ1n) is 6.28. The monoisotopic (exact) mass is 328 g/mol. The molecular weight excluding hydrogens is 317 g/mol. The molecule has 0 saturated carbocycles. The first kappa shape index (κ1) is 16.2. The highest BCUT2D eigenvalue weighted by Gasteiger charge is 2.34. The summed E-state index contributed by atoms with van der Waals surface area (Å²) in [5.74, 6) is 0.598. The van der Waals surface area contributed by atoms with Gasteiger partial charge in [0, 0.05) is 0 Å². The maximum absolute atomic E-state index is 12.2. The number of hydrazone groups is 1. The highest BCUT2D eigenvalue weighted by atomic mass is 35.5. The first-order valence-corrected chi connectivity index (χ1v) is 6.66. The van der Waals surface area contributed by atoms with Gasteiger partial charge in [0.2, 0.25) is 5.17 Å². The molecule has 0 atom stereocenters. The molecule has 0 heterocycles. The molecule has 0 aromatic heterocycles. The summed E-state index contributed by atoms with van der Waals surface area (Å²) < 4.78 is 42.0. The summed E-state index contributed by atoms with van der Waals surface area (Å²) in [5, 5.41) is 1.59. The second-order valence-electron chi connectivity index (χ2n) is 4.31. The highest BCUT2D eigenvalue weighted by molar-refractivity contribution is 6.66. The van der Waals surface area contributed by atoms with E-state index in [1.54, 1.807) is 24.3 Å². The zero-order chi connectivity index (χ0) is 16.0. The fraction of sp³-hybridized carbons (Fsp3) is 0.133. The molecule has 2 aromatic carbocycles. The van der Waals surface area contributed by atoms with Gasteiger partial charge in [-0.25, -0.2) is 0 Å². The Kier molecular flexibility index (Phi) is 5.27. The van der Waals surface area contributed by atoms with E-state index in [1.165, 1.54) is 0 Å². The van der Waals surface area contributed by atoms with Crippen LogP contribution < -0.4 is 10.2 Å². The highest BCUT2D eigenvalue weighted by Crippen LogP contribution is 2.21. The van der Waals surface area contributed by atoms with Crippen LogP contribution in [0.1, 0.15) is 5.56 Å². The maximum Gasteiger partial charge on any atom is 0.446 e. The van der Waals surface area contributed by atoms with Gasteiger partial charge < -0.3 is 4.74 Å². The van der Waals surface area contributed by atoms with Crippen molar-refractivity contribution in [1.82, 2.24) is 0 Å². The zero-order valence-corrected chi connectivity index (χ0v) is 12.0. The van der Waals surface area contributed by atoms with Crippen LogP contribution in [0.2, 0.25) is 0 Å². The largest absolute Gasteiger partial charge is 0.489 e. The Balaban J connectivity index is 1.90. The molecule has 7 heteroatoms. The van der Waals surface area contributed by atoms with Gasteiger partial charge in [-0.05, 0) is 29.8 Å². The fourth-order valence-electron chi connectivity index (χ4n) is 1.54. The lowest BCUT2D eigenvalue weighted by molar-refractivity contribution is -0.0559. The second kappa shape index (κ2) is 7.17. The minimum Gasteiger partial charge on any atom is -0.489 e. The third-order valence-electron chi connectivity index (χ3n) is 2.62. The minimum absolute atomic E-state index is 0.370. The third kappa shape index (κ3) is 4.96. The molecule has 0 fully saturated rings. The van der Waals surface area contributed by atoms with Crippen LogP contribution in [0, 0.1) is 0 Å². The third-order valence-corrected chi connectivity index (χ3v) is 2.92. The lowest BCUT2D eigenvalue weighted by Gasteiger charge is -2.08. The number of anilines is 1. The Bertz CT molecular complexity index is 627. The minimum atomic E-state index is -4.66. The molecule has 2 aromatic rings. The van der Waals surface area contributed by atoms with Crippen molar-refractivity contribution in [1.29, 1.82) is 0 Å². The van der Waals surface area contributed by atoms with E-state index in [1.807, 2.05) is 30.3 Å². The molecule has 2 rings (SSSR count). The van der Waals surface area contributed by atoms with Crippen LogP contribution in [-0.2, 0) is 6.61 Å². The lowest BCUT2D eigenvalue weighted by Crippen LogP contribution is -2.18. The molecule has 0 saturated heterocycles. The summed E-state index contributed by atoms with van der Waals surface area (Å²) >= 11 is 4.99. The molecule has 3 nitrogen and oxygen atoms in total. The van der Waals surface area contributed by atoms with Crippen molar-refractivity contribution >= 4 is 22.5 Å². The topological polar surface area (TPSA) is 33.6 Å². The van der Waals surface area contributed by atoms with Crippen molar-refractivity contribution in [3.8, 4) is 5.75 Å². The summed E-state index contributed by atoms with van der Waals surface area (Å²) in [6, 6.07) is 16.0. The van der Waals surface area contributed by atoms with E-state index in [4.69, 9.17) is 16.3 Å². The van der Waals surface area contributed by atoms with Gasteiger partial charge in [-0.3, -0.25) is 5.43 Å². The van der Waals surface area contributed by atoms with Crippen LogP contribution in [-0.4, -0.2) is 11.3 Å². The van der Waals surface area contributed by atoms with Gasteiger partial charge >= 0.3 is 6.18 Å². The molecule has 0 unspecified atom stereocenters. The van der Waals surface area contributed by atoms with Crippen LogP contribution >= 0.6 is 11.6 Å².